The first-order chi connectivity index (χ1) is 9.61. The van der Waals surface area contributed by atoms with E-state index in [9.17, 15) is 0 Å². The predicted octanol–water partition coefficient (Wildman–Crippen LogP) is 4.16. The van der Waals surface area contributed by atoms with Gasteiger partial charge < -0.3 is 10.5 Å². The molecule has 0 atom stereocenters. The van der Waals surface area contributed by atoms with E-state index >= 15 is 0 Å². The van der Waals surface area contributed by atoms with Crippen LogP contribution < -0.4 is 10.5 Å². The Balaban J connectivity index is 2.13. The van der Waals surface area contributed by atoms with Gasteiger partial charge in [0.2, 0.25) is 0 Å². The smallest absolute Gasteiger partial charge is 0.123 e. The van der Waals surface area contributed by atoms with Crippen molar-refractivity contribution in [2.45, 2.75) is 39.8 Å². The van der Waals surface area contributed by atoms with E-state index in [0.717, 1.165) is 11.3 Å². The SMILES string of the molecule is Cc1cc(CN)ccc1COc1ccccc1C(C)C. The molecule has 2 aromatic rings. The number of ether oxygens (including phenoxy) is 1. The van der Waals surface area contributed by atoms with Gasteiger partial charge in [0, 0.05) is 6.54 Å². The molecule has 0 aromatic heterocycles. The first-order valence-corrected chi connectivity index (χ1v) is 7.12. The molecule has 0 heterocycles. The van der Waals surface area contributed by atoms with Crippen LogP contribution in [-0.4, -0.2) is 0 Å². The highest BCUT2D eigenvalue weighted by Gasteiger charge is 2.07. The van der Waals surface area contributed by atoms with Crippen molar-refractivity contribution in [1.82, 2.24) is 0 Å². The number of para-hydroxylation sites is 1. The van der Waals surface area contributed by atoms with Gasteiger partial charge in [-0.15, -0.1) is 0 Å². The average Bonchev–Trinajstić information content (AvgIpc) is 2.46. The van der Waals surface area contributed by atoms with Crippen LogP contribution in [0.2, 0.25) is 0 Å². The molecule has 0 spiro atoms. The van der Waals surface area contributed by atoms with Crippen LogP contribution in [0.25, 0.3) is 0 Å². The summed E-state index contributed by atoms with van der Waals surface area (Å²) in [6.07, 6.45) is 0. The number of hydrogen-bond acceptors (Lipinski definition) is 2. The van der Waals surface area contributed by atoms with Gasteiger partial charge in [-0.25, -0.2) is 0 Å². The number of nitrogens with two attached hydrogens (primary N) is 1. The lowest BCUT2D eigenvalue weighted by Crippen LogP contribution is -2.03. The molecule has 2 rings (SSSR count). The van der Waals surface area contributed by atoms with E-state index in [4.69, 9.17) is 10.5 Å². The molecule has 0 saturated carbocycles. The lowest BCUT2D eigenvalue weighted by Gasteiger charge is -2.15. The van der Waals surface area contributed by atoms with Crippen LogP contribution in [-0.2, 0) is 13.2 Å². The van der Waals surface area contributed by atoms with Crippen molar-refractivity contribution in [1.29, 1.82) is 0 Å². The molecular formula is C18H23NO. The summed E-state index contributed by atoms with van der Waals surface area (Å²) < 4.78 is 6.01. The van der Waals surface area contributed by atoms with Crippen molar-refractivity contribution >= 4 is 0 Å². The summed E-state index contributed by atoms with van der Waals surface area (Å²) >= 11 is 0. The lowest BCUT2D eigenvalue weighted by molar-refractivity contribution is 0.301. The maximum atomic E-state index is 6.01. The Morgan fingerprint density at radius 2 is 1.85 bits per heavy atom. The summed E-state index contributed by atoms with van der Waals surface area (Å²) in [6, 6.07) is 14.6. The molecule has 0 unspecified atom stereocenters. The highest BCUT2D eigenvalue weighted by Crippen LogP contribution is 2.27. The highest BCUT2D eigenvalue weighted by molar-refractivity contribution is 5.36. The van der Waals surface area contributed by atoms with Gasteiger partial charge >= 0.3 is 0 Å². The minimum Gasteiger partial charge on any atom is -0.489 e. The molecule has 0 aliphatic carbocycles. The van der Waals surface area contributed by atoms with Crippen molar-refractivity contribution in [2.24, 2.45) is 5.73 Å². The Bertz CT molecular complexity index is 575. The molecule has 2 aromatic carbocycles. The summed E-state index contributed by atoms with van der Waals surface area (Å²) in [5.41, 5.74) is 10.5. The first-order valence-electron chi connectivity index (χ1n) is 7.12. The fraction of sp³-hybridized carbons (Fsp3) is 0.333. The zero-order chi connectivity index (χ0) is 14.5. The van der Waals surface area contributed by atoms with Gasteiger partial charge in [-0.2, -0.15) is 0 Å². The zero-order valence-electron chi connectivity index (χ0n) is 12.5. The second kappa shape index (κ2) is 6.58. The first kappa shape index (κ1) is 14.6. The summed E-state index contributed by atoms with van der Waals surface area (Å²) in [6.45, 7) is 7.65. The molecule has 0 saturated heterocycles. The van der Waals surface area contributed by atoms with Crippen molar-refractivity contribution in [2.75, 3.05) is 0 Å². The Morgan fingerprint density at radius 3 is 2.50 bits per heavy atom. The molecule has 106 valence electrons. The number of benzene rings is 2. The summed E-state index contributed by atoms with van der Waals surface area (Å²) in [4.78, 5) is 0. The molecule has 0 aliphatic rings. The van der Waals surface area contributed by atoms with Crippen LogP contribution in [0.15, 0.2) is 42.5 Å². The summed E-state index contributed by atoms with van der Waals surface area (Å²) in [7, 11) is 0. The van der Waals surface area contributed by atoms with Crippen molar-refractivity contribution in [3.05, 3.63) is 64.7 Å². The van der Waals surface area contributed by atoms with Crippen LogP contribution in [0.5, 0.6) is 5.75 Å². The van der Waals surface area contributed by atoms with Crippen molar-refractivity contribution in [3.8, 4) is 5.75 Å². The van der Waals surface area contributed by atoms with Crippen LogP contribution in [0.4, 0.5) is 0 Å². The van der Waals surface area contributed by atoms with Gasteiger partial charge in [-0.1, -0.05) is 50.2 Å². The average molecular weight is 269 g/mol. The Kier molecular flexibility index (Phi) is 4.80. The van der Waals surface area contributed by atoms with E-state index in [1.54, 1.807) is 0 Å². The third kappa shape index (κ3) is 3.40. The largest absolute Gasteiger partial charge is 0.489 e. The predicted molar refractivity (Wildman–Crippen MR) is 83.9 cm³/mol. The maximum absolute atomic E-state index is 6.01. The number of hydrogen-bond donors (Lipinski definition) is 1. The third-order valence-corrected chi connectivity index (χ3v) is 3.57. The molecule has 0 fully saturated rings. The van der Waals surface area contributed by atoms with Crippen LogP contribution in [0.1, 0.15) is 42.0 Å². The lowest BCUT2D eigenvalue weighted by atomic mass is 10.0. The molecule has 0 radical (unpaired) electrons. The minimum absolute atomic E-state index is 0.465. The molecule has 0 bridgehead atoms. The standard InChI is InChI=1S/C18H23NO/c1-13(2)17-6-4-5-7-18(17)20-12-16-9-8-15(11-19)10-14(16)3/h4-10,13H,11-12,19H2,1-3H3. The van der Waals surface area contributed by atoms with Crippen LogP contribution in [0.3, 0.4) is 0 Å². The maximum Gasteiger partial charge on any atom is 0.123 e. The Labute approximate surface area is 121 Å². The summed E-state index contributed by atoms with van der Waals surface area (Å²) in [5.74, 6) is 1.44. The van der Waals surface area contributed by atoms with Crippen molar-refractivity contribution < 1.29 is 4.74 Å². The van der Waals surface area contributed by atoms with Gasteiger partial charge in [0.25, 0.3) is 0 Å². The fourth-order valence-corrected chi connectivity index (χ4v) is 2.29. The Hall–Kier alpha value is -1.80. The summed E-state index contributed by atoms with van der Waals surface area (Å²) in [5, 5.41) is 0. The van der Waals surface area contributed by atoms with Gasteiger partial charge in [-0.05, 0) is 41.2 Å². The van der Waals surface area contributed by atoms with Gasteiger partial charge in [0.05, 0.1) is 0 Å². The van der Waals surface area contributed by atoms with Gasteiger partial charge in [-0.3, -0.25) is 0 Å². The van der Waals surface area contributed by atoms with E-state index < -0.39 is 0 Å². The topological polar surface area (TPSA) is 35.2 Å². The van der Waals surface area contributed by atoms with E-state index in [-0.39, 0.29) is 0 Å². The number of rotatable bonds is 5. The number of aryl methyl sites for hydroxylation is 1. The minimum atomic E-state index is 0.465. The molecule has 20 heavy (non-hydrogen) atoms. The molecule has 2 nitrogen and oxygen atoms in total. The highest BCUT2D eigenvalue weighted by atomic mass is 16.5. The van der Waals surface area contributed by atoms with E-state index in [2.05, 4.69) is 51.1 Å². The molecule has 0 aliphatic heterocycles. The monoisotopic (exact) mass is 269 g/mol. The molecular weight excluding hydrogens is 246 g/mol. The van der Waals surface area contributed by atoms with E-state index in [1.807, 2.05) is 12.1 Å². The van der Waals surface area contributed by atoms with Crippen LogP contribution >= 0.6 is 0 Å². The second-order valence-electron chi connectivity index (χ2n) is 5.45. The van der Waals surface area contributed by atoms with Crippen molar-refractivity contribution in [3.63, 3.8) is 0 Å². The quantitative estimate of drug-likeness (QED) is 0.884. The zero-order valence-corrected chi connectivity index (χ0v) is 12.5. The van der Waals surface area contributed by atoms with Crippen LogP contribution in [0, 0.1) is 6.92 Å². The fourth-order valence-electron chi connectivity index (χ4n) is 2.29. The second-order valence-corrected chi connectivity index (χ2v) is 5.45. The normalized spacial score (nSPS) is 10.8. The Morgan fingerprint density at radius 1 is 1.10 bits per heavy atom. The van der Waals surface area contributed by atoms with Gasteiger partial charge in [0.15, 0.2) is 0 Å². The third-order valence-electron chi connectivity index (χ3n) is 3.57. The molecule has 2 N–H and O–H groups in total. The molecule has 0 amide bonds. The van der Waals surface area contributed by atoms with E-state index in [1.165, 1.54) is 16.7 Å². The van der Waals surface area contributed by atoms with Gasteiger partial charge in [0.1, 0.15) is 12.4 Å². The van der Waals surface area contributed by atoms with E-state index in [0.29, 0.717) is 19.1 Å². The molecule has 2 heteroatoms.